The predicted octanol–water partition coefficient (Wildman–Crippen LogP) is 8.64. The normalized spacial score (nSPS) is 13.8. The molecule has 0 heteroatoms. The molecule has 0 amide bonds. The van der Waals surface area contributed by atoms with Gasteiger partial charge in [-0.3, -0.25) is 0 Å². The van der Waals surface area contributed by atoms with Gasteiger partial charge in [0.2, 0.25) is 0 Å². The van der Waals surface area contributed by atoms with Crippen molar-refractivity contribution >= 4 is 0 Å². The van der Waals surface area contributed by atoms with Gasteiger partial charge >= 0.3 is 0 Å². The van der Waals surface area contributed by atoms with Gasteiger partial charge in [-0.1, -0.05) is 114 Å². The molecule has 0 fully saturated rings. The average molecular weight is 325 g/mol. The van der Waals surface area contributed by atoms with E-state index in [1.807, 2.05) is 0 Å². The molecule has 0 aliphatic carbocycles. The highest BCUT2D eigenvalue weighted by molar-refractivity contribution is 4.91. The summed E-state index contributed by atoms with van der Waals surface area (Å²) in [4.78, 5) is 0. The Bertz CT molecular complexity index is 271. The Balaban J connectivity index is 4.93. The number of hydrogen-bond acceptors (Lipinski definition) is 0. The van der Waals surface area contributed by atoms with Crippen molar-refractivity contribution in [3.05, 3.63) is 0 Å². The Morgan fingerprint density at radius 3 is 1.26 bits per heavy atom. The van der Waals surface area contributed by atoms with Crippen LogP contribution >= 0.6 is 0 Å². The van der Waals surface area contributed by atoms with Crippen LogP contribution in [0.4, 0.5) is 0 Å². The van der Waals surface area contributed by atoms with Crippen molar-refractivity contribution < 1.29 is 0 Å². The van der Waals surface area contributed by atoms with E-state index in [1.54, 1.807) is 0 Å². The van der Waals surface area contributed by atoms with E-state index in [4.69, 9.17) is 0 Å². The van der Waals surface area contributed by atoms with Crippen LogP contribution in [0.2, 0.25) is 0 Å². The highest BCUT2D eigenvalue weighted by Gasteiger charge is 2.41. The predicted molar refractivity (Wildman–Crippen MR) is 108 cm³/mol. The van der Waals surface area contributed by atoms with E-state index in [0.29, 0.717) is 16.2 Å². The first-order valence-corrected chi connectivity index (χ1v) is 10.7. The fourth-order valence-corrected chi connectivity index (χ4v) is 4.53. The van der Waals surface area contributed by atoms with Crippen molar-refractivity contribution in [2.24, 2.45) is 22.2 Å². The largest absolute Gasteiger partial charge is 0.0649 e. The van der Waals surface area contributed by atoms with Gasteiger partial charge in [-0.05, 0) is 35.0 Å². The van der Waals surface area contributed by atoms with Crippen LogP contribution in [0, 0.1) is 22.2 Å². The van der Waals surface area contributed by atoms with Gasteiger partial charge < -0.3 is 0 Å². The average Bonchev–Trinajstić information content (AvgIpc) is 2.60. The lowest BCUT2D eigenvalue weighted by molar-refractivity contribution is 0.0210. The minimum atomic E-state index is 0.513. The maximum Gasteiger partial charge on any atom is -0.0298 e. The molecule has 0 heterocycles. The van der Waals surface area contributed by atoms with Gasteiger partial charge in [0.15, 0.2) is 0 Å². The summed E-state index contributed by atoms with van der Waals surface area (Å²) in [5.41, 5.74) is 1.60. The van der Waals surface area contributed by atoms with Crippen LogP contribution in [-0.4, -0.2) is 0 Å². The Labute approximate surface area is 149 Å². The zero-order valence-electron chi connectivity index (χ0n) is 18.1. The topological polar surface area (TPSA) is 0 Å². The fraction of sp³-hybridized carbons (Fsp3) is 1.00. The number of rotatable bonds is 13. The second-order valence-corrected chi connectivity index (χ2v) is 9.04. The summed E-state index contributed by atoms with van der Waals surface area (Å²) in [6.07, 6.45) is 13.6. The lowest BCUT2D eigenvalue weighted by Crippen LogP contribution is -2.39. The van der Waals surface area contributed by atoms with E-state index in [9.17, 15) is 0 Å². The first-order chi connectivity index (χ1) is 10.7. The third-order valence-electron chi connectivity index (χ3n) is 8.14. The molecular formula is C23H48. The van der Waals surface area contributed by atoms with Gasteiger partial charge in [-0.15, -0.1) is 0 Å². The van der Waals surface area contributed by atoms with Crippen molar-refractivity contribution in [1.82, 2.24) is 0 Å². The van der Waals surface area contributed by atoms with Gasteiger partial charge in [0.05, 0.1) is 0 Å². The summed E-state index contributed by atoms with van der Waals surface area (Å²) in [5.74, 6) is 0.870. The monoisotopic (exact) mass is 324 g/mol. The highest BCUT2D eigenvalue weighted by atomic mass is 14.5. The molecule has 0 aliphatic rings. The highest BCUT2D eigenvalue weighted by Crippen LogP contribution is 2.51. The molecule has 140 valence electrons. The summed E-state index contributed by atoms with van der Waals surface area (Å²) in [5, 5.41) is 0. The second kappa shape index (κ2) is 10.1. The number of unbranched alkanes of at least 4 members (excludes halogenated alkanes) is 1. The molecule has 0 bridgehead atoms. The van der Waals surface area contributed by atoms with Crippen LogP contribution in [0.5, 0.6) is 0 Å². The van der Waals surface area contributed by atoms with E-state index >= 15 is 0 Å². The second-order valence-electron chi connectivity index (χ2n) is 9.04. The fourth-order valence-electron chi connectivity index (χ4n) is 4.53. The van der Waals surface area contributed by atoms with Gasteiger partial charge in [-0.2, -0.15) is 0 Å². The molecule has 0 saturated carbocycles. The van der Waals surface area contributed by atoms with Crippen LogP contribution in [-0.2, 0) is 0 Å². The van der Waals surface area contributed by atoms with Crippen molar-refractivity contribution in [3.8, 4) is 0 Å². The molecule has 0 unspecified atom stereocenters. The Kier molecular flexibility index (Phi) is 10.1. The summed E-state index contributed by atoms with van der Waals surface area (Å²) < 4.78 is 0. The van der Waals surface area contributed by atoms with Crippen LogP contribution < -0.4 is 0 Å². The minimum absolute atomic E-state index is 0.513. The molecule has 0 aromatic rings. The lowest BCUT2D eigenvalue weighted by Gasteiger charge is -2.48. The molecule has 0 N–H and O–H groups in total. The molecule has 0 nitrogen and oxygen atoms in total. The van der Waals surface area contributed by atoms with E-state index in [2.05, 4.69) is 62.3 Å². The molecule has 0 aromatic carbocycles. The molecule has 0 aromatic heterocycles. The van der Waals surface area contributed by atoms with Crippen molar-refractivity contribution in [3.63, 3.8) is 0 Å². The van der Waals surface area contributed by atoms with E-state index in [0.717, 1.165) is 5.92 Å². The summed E-state index contributed by atoms with van der Waals surface area (Å²) in [7, 11) is 0. The molecule has 0 atom stereocenters. The molecular weight excluding hydrogens is 276 g/mol. The van der Waals surface area contributed by atoms with Crippen LogP contribution in [0.1, 0.15) is 127 Å². The summed E-state index contributed by atoms with van der Waals surface area (Å²) in [6.45, 7) is 22.0. The zero-order chi connectivity index (χ0) is 18.1. The smallest absolute Gasteiger partial charge is 0.0298 e. The van der Waals surface area contributed by atoms with Crippen LogP contribution in [0.25, 0.3) is 0 Å². The quantitative estimate of drug-likeness (QED) is 0.297. The van der Waals surface area contributed by atoms with Crippen LogP contribution in [0.15, 0.2) is 0 Å². The lowest BCUT2D eigenvalue weighted by atomic mass is 9.57. The zero-order valence-corrected chi connectivity index (χ0v) is 18.1. The summed E-state index contributed by atoms with van der Waals surface area (Å²) in [6, 6.07) is 0. The molecule has 0 aliphatic heterocycles. The maximum atomic E-state index is 2.56. The van der Waals surface area contributed by atoms with Gasteiger partial charge in [0.1, 0.15) is 0 Å². The van der Waals surface area contributed by atoms with E-state index in [1.165, 1.54) is 64.2 Å². The molecule has 0 radical (unpaired) electrons. The molecule has 0 spiro atoms. The number of hydrogen-bond donors (Lipinski definition) is 0. The van der Waals surface area contributed by atoms with Gasteiger partial charge in [-0.25, -0.2) is 0 Å². The van der Waals surface area contributed by atoms with Gasteiger partial charge in [0, 0.05) is 0 Å². The first kappa shape index (κ1) is 23.0. The minimum Gasteiger partial charge on any atom is -0.0649 e. The van der Waals surface area contributed by atoms with Gasteiger partial charge in [0.25, 0.3) is 0 Å². The summed E-state index contributed by atoms with van der Waals surface area (Å²) >= 11 is 0. The standard InChI is InChI=1S/C23H48/c1-10-21(7,11-2)19-17-16-18-20(22(8,12-3)13-4)23(9,14-5)15-6/h20H,10-19H2,1-9H3. The van der Waals surface area contributed by atoms with E-state index in [-0.39, 0.29) is 0 Å². The van der Waals surface area contributed by atoms with Crippen molar-refractivity contribution in [2.75, 3.05) is 0 Å². The molecule has 0 rings (SSSR count). The Morgan fingerprint density at radius 2 is 0.957 bits per heavy atom. The maximum absolute atomic E-state index is 2.56. The SMILES string of the molecule is CCC(C)(CC)CCCCC(C(C)(CC)CC)C(C)(CC)CC. The van der Waals surface area contributed by atoms with Crippen LogP contribution in [0.3, 0.4) is 0 Å². The Morgan fingerprint density at radius 1 is 0.565 bits per heavy atom. The third kappa shape index (κ3) is 6.09. The van der Waals surface area contributed by atoms with Crippen molar-refractivity contribution in [2.45, 2.75) is 127 Å². The first-order valence-electron chi connectivity index (χ1n) is 10.7. The molecule has 23 heavy (non-hydrogen) atoms. The Hall–Kier alpha value is 0. The van der Waals surface area contributed by atoms with E-state index < -0.39 is 0 Å². The van der Waals surface area contributed by atoms with Crippen molar-refractivity contribution in [1.29, 1.82) is 0 Å². The molecule has 0 saturated heterocycles. The third-order valence-corrected chi connectivity index (χ3v) is 8.14.